The van der Waals surface area contributed by atoms with Gasteiger partial charge in [-0.25, -0.2) is 0 Å². The topological polar surface area (TPSA) is 46.2 Å². The van der Waals surface area contributed by atoms with Crippen LogP contribution in [0.4, 0.5) is 0 Å². The van der Waals surface area contributed by atoms with E-state index in [1.807, 2.05) is 0 Å². The van der Waals surface area contributed by atoms with Gasteiger partial charge in [-0.3, -0.25) is 0 Å². The van der Waals surface area contributed by atoms with Crippen molar-refractivity contribution < 1.29 is 5.11 Å². The molecule has 7 heteroatoms. The summed E-state index contributed by atoms with van der Waals surface area (Å²) in [7, 11) is 0. The first-order chi connectivity index (χ1) is 9.43. The van der Waals surface area contributed by atoms with Crippen LogP contribution < -0.4 is 5.73 Å². The Morgan fingerprint density at radius 2 is 1.80 bits per heavy atom. The summed E-state index contributed by atoms with van der Waals surface area (Å²) in [5, 5.41) is 11.5. The van der Waals surface area contributed by atoms with E-state index in [9.17, 15) is 5.11 Å². The van der Waals surface area contributed by atoms with Crippen LogP contribution >= 0.6 is 57.7 Å². The lowest BCUT2D eigenvalue weighted by Crippen LogP contribution is -2.20. The summed E-state index contributed by atoms with van der Waals surface area (Å²) in [6.45, 7) is 0.215. The van der Waals surface area contributed by atoms with E-state index in [-0.39, 0.29) is 12.5 Å². The third kappa shape index (κ3) is 3.42. The van der Waals surface area contributed by atoms with Crippen molar-refractivity contribution in [2.24, 2.45) is 5.73 Å². The summed E-state index contributed by atoms with van der Waals surface area (Å²) < 4.78 is 0.966. The molecule has 0 radical (unpaired) electrons. The minimum absolute atomic E-state index is 0.215. The predicted octanol–water partition coefficient (Wildman–Crippen LogP) is 5.14. The van der Waals surface area contributed by atoms with Crippen molar-refractivity contribution >= 4 is 57.7 Å². The van der Waals surface area contributed by atoms with Crippen LogP contribution in [0.2, 0.25) is 18.7 Å². The van der Waals surface area contributed by atoms with Gasteiger partial charge < -0.3 is 10.8 Å². The molecular weight excluding hydrogens is 360 g/mol. The van der Waals surface area contributed by atoms with Gasteiger partial charge >= 0.3 is 0 Å². The number of aliphatic hydroxyl groups excluding tert-OH is 1. The van der Waals surface area contributed by atoms with E-state index in [1.165, 1.54) is 11.3 Å². The normalized spacial score (nSPS) is 14.3. The average Bonchev–Trinajstić information content (AvgIpc) is 2.71. The Morgan fingerprint density at radius 1 is 1.10 bits per heavy atom. The molecule has 0 bridgehead atoms. The second-order valence-electron chi connectivity index (χ2n) is 4.23. The lowest BCUT2D eigenvalue weighted by atomic mass is 9.90. The SMILES string of the molecule is NCC(c1ccc(Cl)cc1Cl)C(O)c1cc(Cl)sc1Cl. The van der Waals surface area contributed by atoms with Gasteiger partial charge in [-0.2, -0.15) is 0 Å². The summed E-state index contributed by atoms with van der Waals surface area (Å²) in [6, 6.07) is 6.73. The van der Waals surface area contributed by atoms with Gasteiger partial charge in [-0.05, 0) is 23.8 Å². The number of aliphatic hydroxyl groups is 1. The maximum absolute atomic E-state index is 10.5. The minimum Gasteiger partial charge on any atom is -0.388 e. The highest BCUT2D eigenvalue weighted by Crippen LogP contribution is 2.41. The lowest BCUT2D eigenvalue weighted by molar-refractivity contribution is 0.148. The monoisotopic (exact) mass is 369 g/mol. The Hall–Kier alpha value is -0.0000000000000000555. The van der Waals surface area contributed by atoms with E-state index in [2.05, 4.69) is 0 Å². The van der Waals surface area contributed by atoms with E-state index in [0.29, 0.717) is 24.3 Å². The number of benzene rings is 1. The molecule has 108 valence electrons. The van der Waals surface area contributed by atoms with Crippen molar-refractivity contribution in [3.8, 4) is 0 Å². The van der Waals surface area contributed by atoms with E-state index in [0.717, 1.165) is 5.56 Å². The highest BCUT2D eigenvalue weighted by molar-refractivity contribution is 7.20. The molecule has 0 aliphatic rings. The molecule has 2 unspecified atom stereocenters. The van der Waals surface area contributed by atoms with Crippen molar-refractivity contribution in [1.82, 2.24) is 0 Å². The Morgan fingerprint density at radius 3 is 2.30 bits per heavy atom. The first-order valence-corrected chi connectivity index (χ1v) is 8.04. The van der Waals surface area contributed by atoms with Crippen LogP contribution in [0.15, 0.2) is 24.3 Å². The molecule has 2 rings (SSSR count). The van der Waals surface area contributed by atoms with Gasteiger partial charge in [0.2, 0.25) is 0 Å². The fourth-order valence-corrected chi connectivity index (χ4v) is 4.09. The molecule has 3 N–H and O–H groups in total. The maximum Gasteiger partial charge on any atom is 0.100 e. The largest absolute Gasteiger partial charge is 0.388 e. The van der Waals surface area contributed by atoms with Crippen molar-refractivity contribution in [1.29, 1.82) is 0 Å². The van der Waals surface area contributed by atoms with Crippen LogP contribution in [0.25, 0.3) is 0 Å². The molecule has 0 saturated heterocycles. The zero-order valence-corrected chi connectivity index (χ0v) is 14.0. The van der Waals surface area contributed by atoms with Crippen LogP contribution in [0.5, 0.6) is 0 Å². The number of halogens is 4. The van der Waals surface area contributed by atoms with E-state index < -0.39 is 6.10 Å². The molecule has 0 spiro atoms. The van der Waals surface area contributed by atoms with Gasteiger partial charge in [0.05, 0.1) is 10.4 Å². The van der Waals surface area contributed by atoms with Crippen LogP contribution in [0.1, 0.15) is 23.1 Å². The smallest absolute Gasteiger partial charge is 0.100 e. The Kier molecular flexibility index (Phi) is 5.60. The van der Waals surface area contributed by atoms with Crippen LogP contribution in [-0.4, -0.2) is 11.7 Å². The third-order valence-electron chi connectivity index (χ3n) is 3.00. The number of rotatable bonds is 4. The van der Waals surface area contributed by atoms with Gasteiger partial charge in [0.1, 0.15) is 4.34 Å². The fourth-order valence-electron chi connectivity index (χ4n) is 2.00. The third-order valence-corrected chi connectivity index (χ3v) is 5.08. The molecule has 1 heterocycles. The number of thiophene rings is 1. The Labute approximate surface area is 141 Å². The van der Waals surface area contributed by atoms with Gasteiger partial charge in [0, 0.05) is 28.1 Å². The van der Waals surface area contributed by atoms with E-state index in [1.54, 1.807) is 24.3 Å². The molecule has 2 nitrogen and oxygen atoms in total. The molecule has 1 aromatic carbocycles. The standard InChI is InChI=1S/C13H11Cl4NOS/c14-6-1-2-7(10(15)3-6)9(5-18)12(19)8-4-11(16)20-13(8)17/h1-4,9,12,19H,5,18H2. The van der Waals surface area contributed by atoms with Gasteiger partial charge in [0.25, 0.3) is 0 Å². The maximum atomic E-state index is 10.5. The summed E-state index contributed by atoms with van der Waals surface area (Å²) >= 11 is 25.2. The zero-order valence-electron chi connectivity index (χ0n) is 10.1. The number of hydrogen-bond acceptors (Lipinski definition) is 3. The Bertz CT molecular complexity index is 616. The summed E-state index contributed by atoms with van der Waals surface area (Å²) in [5.74, 6) is -0.386. The molecule has 2 aromatic rings. The fraction of sp³-hybridized carbons (Fsp3) is 0.231. The summed E-state index contributed by atoms with van der Waals surface area (Å²) in [4.78, 5) is 0. The van der Waals surface area contributed by atoms with Crippen LogP contribution in [0.3, 0.4) is 0 Å². The van der Waals surface area contributed by atoms with E-state index in [4.69, 9.17) is 52.1 Å². The highest BCUT2D eigenvalue weighted by atomic mass is 35.5. The molecule has 0 aliphatic heterocycles. The van der Waals surface area contributed by atoms with Crippen molar-refractivity contribution in [3.63, 3.8) is 0 Å². The molecular formula is C13H11Cl4NOS. The Balaban J connectivity index is 2.39. The first kappa shape index (κ1) is 16.4. The van der Waals surface area contributed by atoms with Gasteiger partial charge in [-0.15, -0.1) is 11.3 Å². The number of hydrogen-bond donors (Lipinski definition) is 2. The second-order valence-corrected chi connectivity index (χ2v) is 7.36. The molecule has 0 saturated carbocycles. The lowest BCUT2D eigenvalue weighted by Gasteiger charge is -2.22. The van der Waals surface area contributed by atoms with Gasteiger partial charge in [0.15, 0.2) is 0 Å². The van der Waals surface area contributed by atoms with E-state index >= 15 is 0 Å². The van der Waals surface area contributed by atoms with Crippen LogP contribution in [0, 0.1) is 0 Å². The predicted molar refractivity (Wildman–Crippen MR) is 87.6 cm³/mol. The van der Waals surface area contributed by atoms with Gasteiger partial charge in [-0.1, -0.05) is 52.5 Å². The minimum atomic E-state index is -0.880. The van der Waals surface area contributed by atoms with Crippen molar-refractivity contribution in [2.75, 3.05) is 6.54 Å². The zero-order chi connectivity index (χ0) is 14.9. The summed E-state index contributed by atoms with van der Waals surface area (Å²) in [6.07, 6.45) is -0.880. The van der Waals surface area contributed by atoms with Crippen molar-refractivity contribution in [3.05, 3.63) is 54.1 Å². The molecule has 0 aliphatic carbocycles. The first-order valence-electron chi connectivity index (χ1n) is 5.71. The van der Waals surface area contributed by atoms with Crippen molar-refractivity contribution in [2.45, 2.75) is 12.0 Å². The average molecular weight is 371 g/mol. The molecule has 1 aromatic heterocycles. The highest BCUT2D eigenvalue weighted by Gasteiger charge is 2.26. The second kappa shape index (κ2) is 6.84. The molecule has 0 fully saturated rings. The quantitative estimate of drug-likeness (QED) is 0.782. The van der Waals surface area contributed by atoms with Crippen LogP contribution in [-0.2, 0) is 0 Å². The number of nitrogens with two attached hydrogens (primary N) is 1. The molecule has 20 heavy (non-hydrogen) atoms. The molecule has 0 amide bonds. The molecule has 2 atom stereocenters. The summed E-state index contributed by atoms with van der Waals surface area (Å²) in [5.41, 5.74) is 7.07.